The van der Waals surface area contributed by atoms with Crippen LogP contribution in [0.15, 0.2) is 29.4 Å². The molecule has 27 heavy (non-hydrogen) atoms. The van der Waals surface area contributed by atoms with Gasteiger partial charge in [-0.1, -0.05) is 36.8 Å². The maximum Gasteiger partial charge on any atom is 0.303 e. The van der Waals surface area contributed by atoms with E-state index >= 15 is 0 Å². The van der Waals surface area contributed by atoms with Gasteiger partial charge in [0.05, 0.1) is 5.71 Å². The molecule has 1 aromatic carbocycles. The molecule has 2 aliphatic heterocycles. The molecule has 1 fully saturated rings. The second kappa shape index (κ2) is 8.99. The Morgan fingerprint density at radius 1 is 1.26 bits per heavy atom. The van der Waals surface area contributed by atoms with Gasteiger partial charge in [0.1, 0.15) is 11.4 Å². The zero-order valence-electron chi connectivity index (χ0n) is 14.9. The summed E-state index contributed by atoms with van der Waals surface area (Å²) in [6.07, 6.45) is 4.58. The van der Waals surface area contributed by atoms with E-state index in [2.05, 4.69) is 10.1 Å². The molecule has 1 saturated heterocycles. The second-order valence-corrected chi connectivity index (χ2v) is 7.17. The Hall–Kier alpha value is -2.41. The number of unbranched alkanes of at least 4 members (excludes halogenated alkanes) is 1. The molecule has 1 aromatic rings. The van der Waals surface area contributed by atoms with Crippen LogP contribution in [0, 0.1) is 5.41 Å². The number of aliphatic carboxylic acids is 1. The van der Waals surface area contributed by atoms with Crippen LogP contribution in [-0.2, 0) is 9.63 Å². The third-order valence-corrected chi connectivity index (χ3v) is 5.25. The number of nitrogens with zero attached hydrogens (tertiary/aromatic N) is 2. The highest BCUT2D eigenvalue weighted by molar-refractivity contribution is 6.03. The van der Waals surface area contributed by atoms with Crippen molar-refractivity contribution in [2.45, 2.75) is 51.6 Å². The van der Waals surface area contributed by atoms with Crippen LogP contribution in [0.5, 0.6) is 0 Å². The number of carbonyl (C=O) groups is 1. The number of amidine groups is 1. The van der Waals surface area contributed by atoms with E-state index in [1.54, 1.807) is 0 Å². The molecule has 0 atom stereocenters. The molecule has 7 heteroatoms. The van der Waals surface area contributed by atoms with Gasteiger partial charge in [-0.05, 0) is 24.9 Å². The third-order valence-electron chi connectivity index (χ3n) is 5.25. The Morgan fingerprint density at radius 3 is 2.52 bits per heavy atom. The summed E-state index contributed by atoms with van der Waals surface area (Å²) in [4.78, 5) is 18.8. The van der Waals surface area contributed by atoms with Gasteiger partial charge in [0.25, 0.3) is 0 Å². The highest BCUT2D eigenvalue weighted by Crippen LogP contribution is 2.36. The van der Waals surface area contributed by atoms with Crippen LogP contribution in [0.2, 0.25) is 0 Å². The predicted molar refractivity (Wildman–Crippen MR) is 106 cm³/mol. The van der Waals surface area contributed by atoms with E-state index in [-0.39, 0.29) is 25.3 Å². The minimum Gasteiger partial charge on any atom is -0.481 e. The highest BCUT2D eigenvalue weighted by atomic mass is 16.7. The number of carboxylic acid groups (broad SMARTS) is 1. The van der Waals surface area contributed by atoms with Crippen LogP contribution in [0.4, 0.5) is 0 Å². The number of oxime groups is 1. The number of rotatable bonds is 7. The van der Waals surface area contributed by atoms with Gasteiger partial charge in [0.2, 0.25) is 0 Å². The molecule has 0 saturated carbocycles. The van der Waals surface area contributed by atoms with Gasteiger partial charge in [0, 0.05) is 44.3 Å². The van der Waals surface area contributed by atoms with Crippen molar-refractivity contribution in [2.24, 2.45) is 10.9 Å². The van der Waals surface area contributed by atoms with Gasteiger partial charge in [-0.15, -0.1) is 0 Å². The number of hydrogen-bond donors (Lipinski definition) is 3. The first-order valence-corrected chi connectivity index (χ1v) is 9.11. The molecule has 0 radical (unpaired) electrons. The largest absolute Gasteiger partial charge is 0.481 e. The summed E-state index contributed by atoms with van der Waals surface area (Å²) in [7, 11) is 0. The fourth-order valence-corrected chi connectivity index (χ4v) is 3.58. The normalized spacial score (nSPS) is 18.4. The van der Waals surface area contributed by atoms with Crippen molar-refractivity contribution in [3.8, 4) is 0 Å². The van der Waals surface area contributed by atoms with E-state index in [4.69, 9.17) is 21.1 Å². The molecule has 0 amide bonds. The highest BCUT2D eigenvalue weighted by Gasteiger charge is 2.42. The monoisotopic (exact) mass is 374 g/mol. The lowest BCUT2D eigenvalue weighted by Gasteiger charge is -2.37. The number of nitrogen functional groups attached to an aromatic ring is 1. The Balaban J connectivity index is 0.00000261. The average molecular weight is 374 g/mol. The van der Waals surface area contributed by atoms with Crippen molar-refractivity contribution in [2.75, 3.05) is 19.6 Å². The van der Waals surface area contributed by atoms with Crippen molar-refractivity contribution >= 4 is 17.5 Å². The first-order valence-electron chi connectivity index (χ1n) is 9.11. The van der Waals surface area contributed by atoms with Crippen LogP contribution in [0.3, 0.4) is 0 Å². The molecule has 3 rings (SSSR count). The van der Waals surface area contributed by atoms with E-state index in [0.29, 0.717) is 5.56 Å². The van der Waals surface area contributed by atoms with Crippen molar-refractivity contribution in [3.63, 3.8) is 0 Å². The molecule has 148 valence electrons. The molecule has 1 spiro atoms. The molecule has 4 N–H and O–H groups in total. The predicted octanol–water partition coefficient (Wildman–Crippen LogP) is 2.82. The van der Waals surface area contributed by atoms with E-state index in [9.17, 15) is 4.79 Å². The van der Waals surface area contributed by atoms with Gasteiger partial charge in [-0.25, -0.2) is 0 Å². The van der Waals surface area contributed by atoms with Crippen LogP contribution in [-0.4, -0.2) is 52.8 Å². The topological polar surface area (TPSA) is 112 Å². The standard InChI is InChI=1S/C19H26N4O3.CH4/c20-18(21)15-6-4-14(5-7-15)16-13-19(26-22-16)8-11-23(12-9-19)10-2-1-3-17(24)25;/h4-7H,1-3,8-13H2,(H3,20,21)(H,24,25);1H4. The number of benzene rings is 1. The van der Waals surface area contributed by atoms with E-state index in [1.807, 2.05) is 24.3 Å². The molecule has 0 unspecified atom stereocenters. The molecule has 0 aliphatic carbocycles. The Labute approximate surface area is 160 Å². The molecular weight excluding hydrogens is 344 g/mol. The summed E-state index contributed by atoms with van der Waals surface area (Å²) in [5.41, 5.74) is 7.97. The van der Waals surface area contributed by atoms with Gasteiger partial charge < -0.3 is 20.6 Å². The summed E-state index contributed by atoms with van der Waals surface area (Å²) in [6.45, 7) is 2.86. The third kappa shape index (κ3) is 5.29. The minimum atomic E-state index is -0.719. The molecule has 2 heterocycles. The second-order valence-electron chi connectivity index (χ2n) is 7.17. The van der Waals surface area contributed by atoms with Crippen molar-refractivity contribution in [1.82, 2.24) is 4.90 Å². The Morgan fingerprint density at radius 2 is 1.93 bits per heavy atom. The number of nitrogens with one attached hydrogen (secondary N) is 1. The van der Waals surface area contributed by atoms with E-state index in [1.165, 1.54) is 0 Å². The summed E-state index contributed by atoms with van der Waals surface area (Å²) in [5.74, 6) is -0.656. The lowest BCUT2D eigenvalue weighted by Crippen LogP contribution is -2.44. The van der Waals surface area contributed by atoms with Gasteiger partial charge in [0.15, 0.2) is 0 Å². The lowest BCUT2D eigenvalue weighted by molar-refractivity contribution is -0.137. The quantitative estimate of drug-likeness (QED) is 0.386. The van der Waals surface area contributed by atoms with Gasteiger partial charge >= 0.3 is 5.97 Å². The molecule has 0 aromatic heterocycles. The Bertz CT molecular complexity index is 692. The van der Waals surface area contributed by atoms with Crippen LogP contribution in [0.25, 0.3) is 0 Å². The fourth-order valence-electron chi connectivity index (χ4n) is 3.58. The minimum absolute atomic E-state index is 0. The zero-order valence-corrected chi connectivity index (χ0v) is 14.9. The first-order chi connectivity index (χ1) is 12.5. The zero-order chi connectivity index (χ0) is 18.6. The van der Waals surface area contributed by atoms with Crippen molar-refractivity contribution < 1.29 is 14.7 Å². The molecule has 2 aliphatic rings. The summed E-state index contributed by atoms with van der Waals surface area (Å²) in [5, 5.41) is 20.5. The van der Waals surface area contributed by atoms with Crippen molar-refractivity contribution in [3.05, 3.63) is 35.4 Å². The molecule has 0 bridgehead atoms. The SMILES string of the molecule is C.N=C(N)c1ccc(C2=NOC3(CCN(CCCCC(=O)O)CC3)C2)cc1. The molecule has 7 nitrogen and oxygen atoms in total. The maximum absolute atomic E-state index is 10.6. The summed E-state index contributed by atoms with van der Waals surface area (Å²) in [6, 6.07) is 7.56. The fraction of sp³-hybridized carbons (Fsp3) is 0.550. The number of carboxylic acids is 1. The van der Waals surface area contributed by atoms with E-state index in [0.717, 1.165) is 63.0 Å². The van der Waals surface area contributed by atoms with Crippen molar-refractivity contribution in [1.29, 1.82) is 5.41 Å². The molecular formula is C20H30N4O3. The lowest BCUT2D eigenvalue weighted by atomic mass is 9.85. The first kappa shape index (κ1) is 20.9. The Kier molecular flexibility index (Phi) is 6.96. The van der Waals surface area contributed by atoms with Gasteiger partial charge in [-0.3, -0.25) is 10.2 Å². The smallest absolute Gasteiger partial charge is 0.303 e. The summed E-state index contributed by atoms with van der Waals surface area (Å²) >= 11 is 0. The number of likely N-dealkylation sites (tertiary alicyclic amines) is 1. The summed E-state index contributed by atoms with van der Waals surface area (Å²) < 4.78 is 0. The number of piperidine rings is 1. The van der Waals surface area contributed by atoms with Crippen LogP contribution >= 0.6 is 0 Å². The van der Waals surface area contributed by atoms with Gasteiger partial charge in [-0.2, -0.15) is 0 Å². The number of hydrogen-bond acceptors (Lipinski definition) is 5. The number of nitrogens with two attached hydrogens (primary N) is 1. The van der Waals surface area contributed by atoms with Crippen LogP contribution in [0.1, 0.15) is 57.1 Å². The van der Waals surface area contributed by atoms with Crippen LogP contribution < -0.4 is 5.73 Å². The average Bonchev–Trinajstić information content (AvgIpc) is 3.04. The van der Waals surface area contributed by atoms with E-state index < -0.39 is 5.97 Å². The maximum atomic E-state index is 10.6.